The third-order valence-electron chi connectivity index (χ3n) is 1.91. The van der Waals surface area contributed by atoms with Crippen LogP contribution in [0.3, 0.4) is 0 Å². The molecule has 0 amide bonds. The Morgan fingerprint density at radius 3 is 2.50 bits per heavy atom. The molecule has 0 saturated heterocycles. The molecule has 1 aromatic rings. The van der Waals surface area contributed by atoms with Crippen LogP contribution in [0.4, 0.5) is 0 Å². The molecule has 0 spiro atoms. The van der Waals surface area contributed by atoms with E-state index in [1.807, 2.05) is 0 Å². The van der Waals surface area contributed by atoms with E-state index in [0.717, 1.165) is 0 Å². The van der Waals surface area contributed by atoms with Gasteiger partial charge in [-0.25, -0.2) is 4.79 Å². The number of methoxy groups -OCH3 is 1. The van der Waals surface area contributed by atoms with Gasteiger partial charge in [-0.15, -0.1) is 0 Å². The summed E-state index contributed by atoms with van der Waals surface area (Å²) in [6, 6.07) is 6.31. The van der Waals surface area contributed by atoms with Crippen molar-refractivity contribution in [2.75, 3.05) is 18.7 Å². The smallest absolute Gasteiger partial charge is 0.337 e. The first kappa shape index (κ1) is 15.2. The van der Waals surface area contributed by atoms with Crippen molar-refractivity contribution in [3.8, 4) is 5.75 Å². The molecule has 0 saturated carbocycles. The molecule has 0 aliphatic rings. The molecule has 0 N–H and O–H groups in total. The van der Waals surface area contributed by atoms with E-state index in [9.17, 15) is 4.79 Å². The minimum atomic E-state index is -0.911. The van der Waals surface area contributed by atoms with E-state index in [0.29, 0.717) is 11.3 Å². The van der Waals surface area contributed by atoms with Crippen molar-refractivity contribution in [2.45, 2.75) is 6.48 Å². The van der Waals surface area contributed by atoms with E-state index >= 15 is 0 Å². The zero-order chi connectivity index (χ0) is 13.4. The number of halogens is 2. The van der Waals surface area contributed by atoms with Crippen molar-refractivity contribution in [3.63, 3.8) is 0 Å². The first-order chi connectivity index (χ1) is 8.71. The Kier molecular flexibility index (Phi) is 7.04. The van der Waals surface area contributed by atoms with Gasteiger partial charge < -0.3 is 18.9 Å². The summed E-state index contributed by atoms with van der Waals surface area (Å²) in [7, 11) is 1.32. The topological polar surface area (TPSA) is 54.0 Å². The summed E-state index contributed by atoms with van der Waals surface area (Å²) in [5.74, 6) is 0.0746. The largest absolute Gasteiger partial charge is 0.465 e. The van der Waals surface area contributed by atoms with Crippen LogP contribution in [0.25, 0.3) is 0 Å². The molecule has 1 aromatic carbocycles. The number of alkyl halides is 2. The highest BCUT2D eigenvalue weighted by molar-refractivity contribution is 9.09. The Hall–Kier alpha value is -0.820. The molecule has 0 aliphatic carbocycles. The monoisotopic (exact) mass is 338 g/mol. The summed E-state index contributed by atoms with van der Waals surface area (Å²) in [6.45, 7) is -0.911. The van der Waals surface area contributed by atoms with Gasteiger partial charge in [0.2, 0.25) is 0 Å². The number of rotatable bonds is 7. The first-order valence-electron chi connectivity index (χ1n) is 4.91. The maximum atomic E-state index is 11.2. The van der Waals surface area contributed by atoms with Crippen LogP contribution in [-0.2, 0) is 14.2 Å². The minimum absolute atomic E-state index is 0.0576. The number of carbonyl (C=O) groups excluding carboxylic acids is 1. The van der Waals surface area contributed by atoms with Crippen LogP contribution in [0.1, 0.15) is 10.4 Å². The van der Waals surface area contributed by atoms with Gasteiger partial charge in [0, 0.05) is 0 Å². The summed E-state index contributed by atoms with van der Waals surface area (Å²) in [4.78, 5) is 11.2. The molecule has 7 heteroatoms. The van der Waals surface area contributed by atoms with Gasteiger partial charge in [0.25, 0.3) is 0 Å². The van der Waals surface area contributed by atoms with Crippen LogP contribution in [0.5, 0.6) is 5.75 Å². The van der Waals surface area contributed by atoms with E-state index in [2.05, 4.69) is 20.7 Å². The first-order valence-corrected chi connectivity index (χ1v) is 6.57. The van der Waals surface area contributed by atoms with Crippen molar-refractivity contribution in [2.24, 2.45) is 0 Å². The third kappa shape index (κ3) is 4.81. The highest BCUT2D eigenvalue weighted by Gasteiger charge is 2.11. The Morgan fingerprint density at radius 2 is 2.00 bits per heavy atom. The molecule has 0 aromatic heterocycles. The van der Waals surface area contributed by atoms with E-state index < -0.39 is 12.4 Å². The fraction of sp³-hybridized carbons (Fsp3) is 0.364. The summed E-state index contributed by atoms with van der Waals surface area (Å²) in [5, 5.41) is 0. The Balaban J connectivity index is 2.63. The molecular formula is C11H12BrClO5. The lowest BCUT2D eigenvalue weighted by molar-refractivity contribution is -0.227. The SMILES string of the molecule is COC(=O)c1ccc(OC(OCCl)OCBr)cc1. The zero-order valence-corrected chi connectivity index (χ0v) is 11.9. The summed E-state index contributed by atoms with van der Waals surface area (Å²) >= 11 is 8.51. The molecule has 18 heavy (non-hydrogen) atoms. The predicted molar refractivity (Wildman–Crippen MR) is 68.9 cm³/mol. The van der Waals surface area contributed by atoms with Crippen molar-refractivity contribution < 1.29 is 23.7 Å². The van der Waals surface area contributed by atoms with E-state index in [1.54, 1.807) is 24.3 Å². The standard InChI is InChI=1S/C11H12BrClO5/c1-15-10(14)8-2-4-9(5-3-8)18-11(16-6-12)17-7-13/h2-5,11H,6-7H2,1H3. The fourth-order valence-electron chi connectivity index (χ4n) is 1.12. The fourth-order valence-corrected chi connectivity index (χ4v) is 1.44. The molecule has 1 atom stereocenters. The zero-order valence-electron chi connectivity index (χ0n) is 9.60. The normalized spacial score (nSPS) is 11.9. The molecule has 5 nitrogen and oxygen atoms in total. The van der Waals surface area contributed by atoms with Crippen molar-refractivity contribution >= 4 is 33.5 Å². The van der Waals surface area contributed by atoms with Crippen LogP contribution >= 0.6 is 27.5 Å². The molecule has 1 rings (SSSR count). The highest BCUT2D eigenvalue weighted by atomic mass is 79.9. The maximum absolute atomic E-state index is 11.2. The average molecular weight is 340 g/mol. The van der Waals surface area contributed by atoms with Gasteiger partial charge in [-0.05, 0) is 24.3 Å². The lowest BCUT2D eigenvalue weighted by Gasteiger charge is -2.17. The van der Waals surface area contributed by atoms with Crippen molar-refractivity contribution in [3.05, 3.63) is 29.8 Å². The average Bonchev–Trinajstić information content (AvgIpc) is 2.39. The van der Waals surface area contributed by atoms with Crippen LogP contribution in [-0.4, -0.2) is 31.1 Å². The van der Waals surface area contributed by atoms with Gasteiger partial charge in [0.05, 0.1) is 12.7 Å². The number of esters is 1. The van der Waals surface area contributed by atoms with E-state index in [4.69, 9.17) is 25.8 Å². The van der Waals surface area contributed by atoms with E-state index in [1.165, 1.54) is 7.11 Å². The third-order valence-corrected chi connectivity index (χ3v) is 2.30. The van der Waals surface area contributed by atoms with Crippen molar-refractivity contribution in [1.29, 1.82) is 0 Å². The second-order valence-corrected chi connectivity index (χ2v) is 3.65. The molecular weight excluding hydrogens is 327 g/mol. The van der Waals surface area contributed by atoms with Crippen LogP contribution in [0, 0.1) is 0 Å². The number of carbonyl (C=O) groups is 1. The molecule has 100 valence electrons. The van der Waals surface area contributed by atoms with Crippen LogP contribution < -0.4 is 4.74 Å². The number of hydrogen-bond acceptors (Lipinski definition) is 5. The van der Waals surface area contributed by atoms with Crippen LogP contribution in [0.15, 0.2) is 24.3 Å². The number of ether oxygens (including phenoxy) is 4. The molecule has 0 radical (unpaired) electrons. The Labute approximate surface area is 118 Å². The van der Waals surface area contributed by atoms with Gasteiger partial charge >= 0.3 is 12.4 Å². The summed E-state index contributed by atoms with van der Waals surface area (Å²) < 4.78 is 20.0. The maximum Gasteiger partial charge on any atom is 0.337 e. The summed E-state index contributed by atoms with van der Waals surface area (Å²) in [6.07, 6.45) is 0. The number of hydrogen-bond donors (Lipinski definition) is 0. The van der Waals surface area contributed by atoms with Gasteiger partial charge in [0.1, 0.15) is 17.3 Å². The molecule has 1 unspecified atom stereocenters. The molecule has 0 aliphatic heterocycles. The van der Waals surface area contributed by atoms with E-state index in [-0.39, 0.29) is 11.6 Å². The lowest BCUT2D eigenvalue weighted by atomic mass is 10.2. The lowest BCUT2D eigenvalue weighted by Crippen LogP contribution is -2.23. The van der Waals surface area contributed by atoms with Crippen LogP contribution in [0.2, 0.25) is 0 Å². The van der Waals surface area contributed by atoms with Crippen molar-refractivity contribution in [1.82, 2.24) is 0 Å². The quantitative estimate of drug-likeness (QED) is 0.434. The molecule has 0 heterocycles. The Bertz CT molecular complexity index is 364. The van der Waals surface area contributed by atoms with Gasteiger partial charge in [-0.1, -0.05) is 27.5 Å². The van der Waals surface area contributed by atoms with Gasteiger partial charge in [-0.2, -0.15) is 0 Å². The summed E-state index contributed by atoms with van der Waals surface area (Å²) in [5.41, 5.74) is 0.676. The van der Waals surface area contributed by atoms with Gasteiger partial charge in [0.15, 0.2) is 0 Å². The second-order valence-electron chi connectivity index (χ2n) is 2.97. The molecule has 0 bridgehead atoms. The Morgan fingerprint density at radius 1 is 1.33 bits per heavy atom. The second kappa shape index (κ2) is 8.31. The van der Waals surface area contributed by atoms with Gasteiger partial charge in [-0.3, -0.25) is 0 Å². The predicted octanol–water partition coefficient (Wildman–Crippen LogP) is 2.72. The minimum Gasteiger partial charge on any atom is -0.465 e. The molecule has 0 fully saturated rings. The number of benzene rings is 1. The highest BCUT2D eigenvalue weighted by Crippen LogP contribution is 2.16.